The molecule has 2 aromatic carbocycles. The van der Waals surface area contributed by atoms with Gasteiger partial charge in [0.15, 0.2) is 0 Å². The SMILES string of the molecule is CN(C)C(=O)C(N)C1CCN(Cc2ccc(F)c(Cl)c2)C(=O)C1SOc1ccccc1. The van der Waals surface area contributed by atoms with E-state index in [0.29, 0.717) is 18.7 Å². The number of carbonyl (C=O) groups excluding carboxylic acids is 2. The number of nitrogens with two attached hydrogens (primary N) is 1. The Morgan fingerprint density at radius 3 is 2.68 bits per heavy atom. The number of likely N-dealkylation sites (tertiary alicyclic amines) is 1. The number of rotatable bonds is 7. The monoisotopic (exact) mass is 465 g/mol. The molecule has 6 nitrogen and oxygen atoms in total. The van der Waals surface area contributed by atoms with Crippen molar-refractivity contribution in [2.24, 2.45) is 11.7 Å². The van der Waals surface area contributed by atoms with Crippen molar-refractivity contribution in [3.8, 4) is 5.75 Å². The van der Waals surface area contributed by atoms with Crippen LogP contribution in [0.2, 0.25) is 5.02 Å². The van der Waals surface area contributed by atoms with Gasteiger partial charge in [0, 0.05) is 33.1 Å². The summed E-state index contributed by atoms with van der Waals surface area (Å²) in [6, 6.07) is 12.7. The van der Waals surface area contributed by atoms with Gasteiger partial charge in [0.2, 0.25) is 11.8 Å². The normalized spacial score (nSPS) is 19.8. The molecule has 3 unspecified atom stereocenters. The minimum atomic E-state index is -0.821. The standard InChI is InChI=1S/C22H25ClFN3O3S/c1-26(2)21(28)19(25)16-10-11-27(13-14-8-9-18(24)17(23)12-14)22(29)20(16)31-30-15-6-4-3-5-7-15/h3-9,12,16,19-20H,10-11,13,25H2,1-2H3. The molecule has 3 atom stereocenters. The highest BCUT2D eigenvalue weighted by molar-refractivity contribution is 7.96. The van der Waals surface area contributed by atoms with Crippen molar-refractivity contribution in [2.75, 3.05) is 20.6 Å². The number of piperidine rings is 1. The third-order valence-corrected chi connectivity index (χ3v) is 6.55. The number of hydrogen-bond donors (Lipinski definition) is 1. The zero-order valence-corrected chi connectivity index (χ0v) is 18.9. The summed E-state index contributed by atoms with van der Waals surface area (Å²) < 4.78 is 19.3. The summed E-state index contributed by atoms with van der Waals surface area (Å²) in [5.74, 6) is -0.701. The Bertz CT molecular complexity index is 931. The first-order chi connectivity index (χ1) is 14.8. The largest absolute Gasteiger partial charge is 0.425 e. The molecule has 2 amide bonds. The number of amides is 2. The average molecular weight is 466 g/mol. The van der Waals surface area contributed by atoms with Crippen LogP contribution >= 0.6 is 23.6 Å². The van der Waals surface area contributed by atoms with E-state index in [1.165, 1.54) is 17.0 Å². The molecule has 0 radical (unpaired) electrons. The molecule has 0 spiro atoms. The predicted octanol–water partition coefficient (Wildman–Crippen LogP) is 3.34. The van der Waals surface area contributed by atoms with Crippen molar-refractivity contribution in [3.05, 3.63) is 64.9 Å². The molecular weight excluding hydrogens is 441 g/mol. The zero-order chi connectivity index (χ0) is 22.5. The van der Waals surface area contributed by atoms with Gasteiger partial charge in [0.1, 0.15) is 16.8 Å². The molecule has 9 heteroatoms. The van der Waals surface area contributed by atoms with Gasteiger partial charge in [-0.15, -0.1) is 0 Å². The Morgan fingerprint density at radius 1 is 1.32 bits per heavy atom. The predicted molar refractivity (Wildman–Crippen MR) is 120 cm³/mol. The zero-order valence-electron chi connectivity index (χ0n) is 17.3. The number of likely N-dealkylation sites (N-methyl/N-ethyl adjacent to an activating group) is 1. The van der Waals surface area contributed by atoms with E-state index in [1.54, 1.807) is 37.2 Å². The summed E-state index contributed by atoms with van der Waals surface area (Å²) in [5.41, 5.74) is 6.98. The fraction of sp³-hybridized carbons (Fsp3) is 0.364. The van der Waals surface area contributed by atoms with Crippen molar-refractivity contribution in [3.63, 3.8) is 0 Å². The quantitative estimate of drug-likeness (QED) is 0.635. The Kier molecular flexibility index (Phi) is 7.80. The molecule has 3 rings (SSSR count). The summed E-state index contributed by atoms with van der Waals surface area (Å²) in [6.45, 7) is 0.708. The van der Waals surface area contributed by atoms with E-state index in [9.17, 15) is 14.0 Å². The molecule has 0 bridgehead atoms. The van der Waals surface area contributed by atoms with Crippen LogP contribution in [0.25, 0.3) is 0 Å². The molecule has 2 aromatic rings. The Hall–Kier alpha value is -2.29. The number of benzene rings is 2. The van der Waals surface area contributed by atoms with Crippen LogP contribution in [0, 0.1) is 11.7 Å². The highest BCUT2D eigenvalue weighted by atomic mass is 35.5. The van der Waals surface area contributed by atoms with Crippen LogP contribution in [0.3, 0.4) is 0 Å². The van der Waals surface area contributed by atoms with E-state index in [0.717, 1.165) is 17.6 Å². The van der Waals surface area contributed by atoms with Crippen molar-refractivity contribution < 1.29 is 18.2 Å². The van der Waals surface area contributed by atoms with Gasteiger partial charge in [0.25, 0.3) is 0 Å². The van der Waals surface area contributed by atoms with E-state index in [2.05, 4.69) is 0 Å². The van der Waals surface area contributed by atoms with Gasteiger partial charge >= 0.3 is 0 Å². The summed E-state index contributed by atoms with van der Waals surface area (Å²) in [7, 11) is 3.28. The summed E-state index contributed by atoms with van der Waals surface area (Å²) in [4.78, 5) is 28.9. The second-order valence-corrected chi connectivity index (χ2v) is 8.91. The molecule has 0 aliphatic carbocycles. The summed E-state index contributed by atoms with van der Waals surface area (Å²) in [5, 5.41) is -0.652. The molecule has 1 aliphatic rings. The van der Waals surface area contributed by atoms with Crippen LogP contribution in [0.5, 0.6) is 5.75 Å². The van der Waals surface area contributed by atoms with Crippen LogP contribution in [0.15, 0.2) is 48.5 Å². The van der Waals surface area contributed by atoms with E-state index in [-0.39, 0.29) is 29.3 Å². The molecule has 1 heterocycles. The van der Waals surface area contributed by atoms with Gasteiger partial charge in [0.05, 0.1) is 23.1 Å². The third kappa shape index (κ3) is 5.70. The summed E-state index contributed by atoms with van der Waals surface area (Å²) in [6.07, 6.45) is 0.539. The van der Waals surface area contributed by atoms with E-state index in [4.69, 9.17) is 21.5 Å². The van der Waals surface area contributed by atoms with Gasteiger partial charge in [-0.25, -0.2) is 4.39 Å². The van der Waals surface area contributed by atoms with Gasteiger partial charge in [-0.1, -0.05) is 35.9 Å². The molecule has 0 saturated carbocycles. The maximum atomic E-state index is 13.5. The van der Waals surface area contributed by atoms with Gasteiger partial charge in [-0.3, -0.25) is 9.59 Å². The highest BCUT2D eigenvalue weighted by Crippen LogP contribution is 2.34. The first kappa shape index (κ1) is 23.4. The fourth-order valence-electron chi connectivity index (χ4n) is 3.49. The van der Waals surface area contributed by atoms with E-state index >= 15 is 0 Å². The highest BCUT2D eigenvalue weighted by Gasteiger charge is 2.43. The maximum absolute atomic E-state index is 13.5. The van der Waals surface area contributed by atoms with Gasteiger partial charge in [-0.2, -0.15) is 0 Å². The molecule has 0 aromatic heterocycles. The van der Waals surface area contributed by atoms with Crippen molar-refractivity contribution >= 4 is 35.5 Å². The Labute approximate surface area is 190 Å². The lowest BCUT2D eigenvalue weighted by molar-refractivity contribution is -0.137. The van der Waals surface area contributed by atoms with Crippen molar-refractivity contribution in [1.82, 2.24) is 9.80 Å². The first-order valence-electron chi connectivity index (χ1n) is 9.85. The minimum Gasteiger partial charge on any atom is -0.425 e. The molecule has 1 fully saturated rings. The average Bonchev–Trinajstić information content (AvgIpc) is 2.76. The van der Waals surface area contributed by atoms with Crippen LogP contribution in [-0.4, -0.2) is 53.5 Å². The smallest absolute Gasteiger partial charge is 0.239 e. The van der Waals surface area contributed by atoms with Gasteiger partial charge in [-0.05, 0) is 36.2 Å². The second kappa shape index (κ2) is 10.3. The van der Waals surface area contributed by atoms with E-state index < -0.39 is 17.1 Å². The van der Waals surface area contributed by atoms with Crippen molar-refractivity contribution in [2.45, 2.75) is 24.3 Å². The minimum absolute atomic E-state index is 0.0109. The summed E-state index contributed by atoms with van der Waals surface area (Å²) >= 11 is 6.90. The van der Waals surface area contributed by atoms with Crippen LogP contribution in [0.1, 0.15) is 12.0 Å². The lowest BCUT2D eigenvalue weighted by Crippen LogP contribution is -2.56. The van der Waals surface area contributed by atoms with Crippen LogP contribution in [0.4, 0.5) is 4.39 Å². The fourth-order valence-corrected chi connectivity index (χ4v) is 4.70. The number of para-hydroxylation sites is 1. The number of hydrogen-bond acceptors (Lipinski definition) is 5. The molecule has 2 N–H and O–H groups in total. The number of halogens is 2. The Morgan fingerprint density at radius 2 is 2.03 bits per heavy atom. The molecule has 1 saturated heterocycles. The third-order valence-electron chi connectivity index (χ3n) is 5.21. The number of carbonyl (C=O) groups is 2. The maximum Gasteiger partial charge on any atom is 0.239 e. The lowest BCUT2D eigenvalue weighted by atomic mass is 9.88. The van der Waals surface area contributed by atoms with Crippen LogP contribution in [-0.2, 0) is 16.1 Å². The van der Waals surface area contributed by atoms with Gasteiger partial charge < -0.3 is 19.7 Å². The molecule has 166 valence electrons. The molecule has 1 aliphatic heterocycles. The Balaban J connectivity index is 1.79. The lowest BCUT2D eigenvalue weighted by Gasteiger charge is -2.39. The topological polar surface area (TPSA) is 75.9 Å². The van der Waals surface area contributed by atoms with Crippen molar-refractivity contribution in [1.29, 1.82) is 0 Å². The van der Waals surface area contributed by atoms with Crippen LogP contribution < -0.4 is 9.92 Å². The second-order valence-electron chi connectivity index (χ2n) is 7.63. The first-order valence-corrected chi connectivity index (χ1v) is 11.0. The van der Waals surface area contributed by atoms with E-state index in [1.807, 2.05) is 18.2 Å². The molecule has 31 heavy (non-hydrogen) atoms. The molecular formula is C22H25ClFN3O3S. The number of nitrogens with zero attached hydrogens (tertiary/aromatic N) is 2.